The molecule has 2 aliphatic carbocycles. The topological polar surface area (TPSA) is 0 Å². The van der Waals surface area contributed by atoms with E-state index in [1.54, 1.807) is 5.57 Å². The van der Waals surface area contributed by atoms with Gasteiger partial charge in [-0.1, -0.05) is 0 Å². The molecule has 0 saturated carbocycles. The van der Waals surface area contributed by atoms with E-state index in [4.69, 9.17) is 0 Å². The second-order valence-corrected chi connectivity index (χ2v) is 23.1. The Morgan fingerprint density at radius 3 is 2.63 bits per heavy atom. The molecule has 0 N–H and O–H groups in total. The number of rotatable bonds is 6. The van der Waals surface area contributed by atoms with Gasteiger partial charge in [-0.05, 0) is 0 Å². The number of hydrogen-bond donors (Lipinski definition) is 0. The average Bonchev–Trinajstić information content (AvgIpc) is 3.02. The second-order valence-electron chi connectivity index (χ2n) is 5.81. The third-order valence-corrected chi connectivity index (χ3v) is 21.0. The zero-order valence-corrected chi connectivity index (χ0v) is 16.1. The molecular weight excluding hydrogens is 323 g/mol. The maximum atomic E-state index is 2.61. The van der Waals surface area contributed by atoms with Gasteiger partial charge >= 0.3 is 127 Å². The fourth-order valence-electron chi connectivity index (χ4n) is 2.99. The van der Waals surface area contributed by atoms with Gasteiger partial charge in [0, 0.05) is 0 Å². The van der Waals surface area contributed by atoms with Crippen LogP contribution in [0.4, 0.5) is 0 Å². The van der Waals surface area contributed by atoms with Crippen LogP contribution in [0.5, 0.6) is 0 Å². The summed E-state index contributed by atoms with van der Waals surface area (Å²) < 4.78 is 3.75. The Morgan fingerprint density at radius 2 is 2.00 bits per heavy atom. The molecule has 0 heterocycles. The molecule has 102 valence electrons. The summed E-state index contributed by atoms with van der Waals surface area (Å²) in [4.78, 5) is 0. The van der Waals surface area contributed by atoms with Crippen LogP contribution < -0.4 is 0 Å². The van der Waals surface area contributed by atoms with Crippen molar-refractivity contribution in [3.63, 3.8) is 0 Å². The fraction of sp³-hybridized carbons (Fsp3) is 0.529. The zero-order valence-electron chi connectivity index (χ0n) is 12.6. The molecule has 0 bridgehead atoms. The van der Waals surface area contributed by atoms with Gasteiger partial charge in [-0.3, -0.25) is 0 Å². The monoisotopic (exact) mass is 348 g/mol. The predicted molar refractivity (Wildman–Crippen MR) is 84.2 cm³/mol. The number of unbranched alkanes of at least 4 members (excludes halogenated alkanes) is 2. The SMILES string of the molecule is CCCCCC1=CC[C]([Zr]([C]2=CC=CC2)=[Si](C)C)=C1. The van der Waals surface area contributed by atoms with Crippen LogP contribution in [0.25, 0.3) is 0 Å². The third-order valence-electron chi connectivity index (χ3n) is 3.93. The van der Waals surface area contributed by atoms with E-state index in [1.807, 2.05) is 6.56 Å². The van der Waals surface area contributed by atoms with Crippen LogP contribution in [-0.4, -0.2) is 5.43 Å². The van der Waals surface area contributed by atoms with Crippen molar-refractivity contribution in [1.82, 2.24) is 0 Å². The van der Waals surface area contributed by atoms with Crippen LogP contribution in [0.15, 0.2) is 42.5 Å². The summed E-state index contributed by atoms with van der Waals surface area (Å²) in [6.07, 6.45) is 20.2. The molecule has 0 spiro atoms. The summed E-state index contributed by atoms with van der Waals surface area (Å²) in [5, 5.41) is 0. The standard InChI is InChI=1S/C10H15.C5H5.C2H6Si.Zr/c1-2-3-4-7-10-8-5-6-9-10;1-2-4-5-3-1;1-3-2;/h8-9H,2-5,7H2,1H3;1-3H,4H2;1-2H3;. The van der Waals surface area contributed by atoms with Crippen molar-refractivity contribution in [2.45, 2.75) is 58.5 Å². The number of allylic oxidation sites excluding steroid dienone is 8. The van der Waals surface area contributed by atoms with Gasteiger partial charge in [0.2, 0.25) is 0 Å². The Bertz CT molecular complexity index is 485. The minimum atomic E-state index is -1.43. The van der Waals surface area contributed by atoms with Crippen LogP contribution in [0.2, 0.25) is 13.1 Å². The van der Waals surface area contributed by atoms with E-state index in [9.17, 15) is 0 Å². The van der Waals surface area contributed by atoms with E-state index < -0.39 is 20.4 Å². The zero-order chi connectivity index (χ0) is 13.7. The van der Waals surface area contributed by atoms with Crippen molar-refractivity contribution >= 4 is 5.43 Å². The molecule has 2 rings (SSSR count). The molecular formula is C17H26SiZr. The van der Waals surface area contributed by atoms with Crippen LogP contribution in [-0.2, 0) is 20.4 Å². The van der Waals surface area contributed by atoms with Gasteiger partial charge in [-0.15, -0.1) is 0 Å². The van der Waals surface area contributed by atoms with Gasteiger partial charge in [0.25, 0.3) is 0 Å². The van der Waals surface area contributed by atoms with E-state index in [2.05, 4.69) is 50.4 Å². The fourth-order valence-corrected chi connectivity index (χ4v) is 19.9. The molecule has 0 radical (unpaired) electrons. The normalized spacial score (nSPS) is 17.3. The first-order valence-electron chi connectivity index (χ1n) is 7.66. The summed E-state index contributed by atoms with van der Waals surface area (Å²) in [7, 11) is 0. The summed E-state index contributed by atoms with van der Waals surface area (Å²) >= 11 is -1.43. The van der Waals surface area contributed by atoms with Gasteiger partial charge in [-0.25, -0.2) is 0 Å². The molecule has 0 aromatic carbocycles. The van der Waals surface area contributed by atoms with E-state index in [-0.39, 0.29) is 5.43 Å². The maximum absolute atomic E-state index is 2.61. The van der Waals surface area contributed by atoms with Gasteiger partial charge in [0.15, 0.2) is 0 Å². The van der Waals surface area contributed by atoms with Crippen LogP contribution in [0, 0.1) is 0 Å². The molecule has 0 atom stereocenters. The van der Waals surface area contributed by atoms with E-state index in [0.717, 1.165) is 0 Å². The Morgan fingerprint density at radius 1 is 1.16 bits per heavy atom. The molecule has 2 heteroatoms. The molecule has 0 aliphatic heterocycles. The molecule has 2 aliphatic rings. The van der Waals surface area contributed by atoms with Crippen molar-refractivity contribution in [3.8, 4) is 0 Å². The molecule has 0 unspecified atom stereocenters. The van der Waals surface area contributed by atoms with E-state index >= 15 is 0 Å². The number of hydrogen-bond acceptors (Lipinski definition) is 0. The van der Waals surface area contributed by atoms with Gasteiger partial charge in [0.1, 0.15) is 0 Å². The Hall–Kier alpha value is 0.0600. The first kappa shape index (κ1) is 15.4. The molecule has 0 amide bonds. The van der Waals surface area contributed by atoms with Crippen molar-refractivity contribution in [1.29, 1.82) is 0 Å². The molecule has 0 aromatic rings. The molecule has 0 fully saturated rings. The predicted octanol–water partition coefficient (Wildman–Crippen LogP) is 5.49. The summed E-state index contributed by atoms with van der Waals surface area (Å²) in [6, 6.07) is 0. The van der Waals surface area contributed by atoms with Crippen molar-refractivity contribution in [2.24, 2.45) is 0 Å². The summed E-state index contributed by atoms with van der Waals surface area (Å²) in [6.45, 7) is 7.39. The van der Waals surface area contributed by atoms with Gasteiger partial charge in [0.05, 0.1) is 0 Å². The van der Waals surface area contributed by atoms with Gasteiger partial charge in [-0.2, -0.15) is 0 Å². The average molecular weight is 350 g/mol. The van der Waals surface area contributed by atoms with Crippen LogP contribution >= 0.6 is 0 Å². The minimum absolute atomic E-state index is 0.0999. The Balaban J connectivity index is 2.06. The third kappa shape index (κ3) is 4.26. The van der Waals surface area contributed by atoms with Crippen molar-refractivity contribution in [2.75, 3.05) is 0 Å². The Labute approximate surface area is 126 Å². The first-order valence-corrected chi connectivity index (χ1v) is 16.3. The molecule has 19 heavy (non-hydrogen) atoms. The van der Waals surface area contributed by atoms with Gasteiger partial charge < -0.3 is 0 Å². The molecule has 0 saturated heterocycles. The Kier molecular flexibility index (Phi) is 6.29. The summed E-state index contributed by atoms with van der Waals surface area (Å²) in [5.74, 6) is 0. The first-order chi connectivity index (χ1) is 9.22. The molecule has 0 nitrogen and oxygen atoms in total. The van der Waals surface area contributed by atoms with Crippen molar-refractivity contribution < 1.29 is 20.4 Å². The van der Waals surface area contributed by atoms with E-state index in [1.165, 1.54) is 38.5 Å². The van der Waals surface area contributed by atoms with E-state index in [0.29, 0.717) is 0 Å². The van der Waals surface area contributed by atoms with Crippen molar-refractivity contribution in [3.05, 3.63) is 42.5 Å². The second kappa shape index (κ2) is 7.74. The molecule has 0 aromatic heterocycles. The van der Waals surface area contributed by atoms with Crippen LogP contribution in [0.1, 0.15) is 45.4 Å². The summed E-state index contributed by atoms with van der Waals surface area (Å²) in [5.41, 5.74) is 1.55. The quantitative estimate of drug-likeness (QED) is 0.439. The van der Waals surface area contributed by atoms with Crippen LogP contribution in [0.3, 0.4) is 0 Å².